The molecule has 0 aliphatic rings. The molecule has 0 fully saturated rings. The van der Waals surface area contributed by atoms with E-state index in [4.69, 9.17) is 33.9 Å². The molecule has 0 amide bonds. The Labute approximate surface area is 202 Å². The van der Waals surface area contributed by atoms with Crippen molar-refractivity contribution in [2.45, 2.75) is 27.2 Å². The summed E-state index contributed by atoms with van der Waals surface area (Å²) >= 11 is 7.19. The number of benzene rings is 2. The lowest BCUT2D eigenvalue weighted by Crippen LogP contribution is -2.14. The Morgan fingerprint density at radius 3 is 2.42 bits per heavy atom. The molecule has 0 saturated heterocycles. The molecule has 0 unspecified atom stereocenters. The van der Waals surface area contributed by atoms with Gasteiger partial charge in [0.15, 0.2) is 5.82 Å². The zero-order valence-electron chi connectivity index (χ0n) is 18.6. The molecule has 3 aromatic rings. The van der Waals surface area contributed by atoms with Crippen molar-refractivity contribution in [3.63, 3.8) is 0 Å². The van der Waals surface area contributed by atoms with Crippen molar-refractivity contribution in [1.29, 1.82) is 0 Å². The summed E-state index contributed by atoms with van der Waals surface area (Å²) in [5.41, 5.74) is 4.10. The monoisotopic (exact) mass is 512 g/mol. The largest absolute Gasteiger partial charge is 0.430 e. The summed E-state index contributed by atoms with van der Waals surface area (Å²) in [6.45, 7) is 7.03. The van der Waals surface area contributed by atoms with Gasteiger partial charge < -0.3 is 9.64 Å². The SMILES string of the molecule is CCN(C)/C=N\c1cc(C)c(Oc2nc(Cc3ccc(Cl)cc3)ns2)cc1C.O=S(=O)(O)O. The number of rotatable bonds is 7. The highest BCUT2D eigenvalue weighted by Crippen LogP contribution is 2.32. The fourth-order valence-electron chi connectivity index (χ4n) is 2.50. The van der Waals surface area contributed by atoms with Crippen LogP contribution in [0.1, 0.15) is 29.4 Å². The summed E-state index contributed by atoms with van der Waals surface area (Å²) in [5.74, 6) is 1.51. The lowest BCUT2D eigenvalue weighted by atomic mass is 10.1. The van der Waals surface area contributed by atoms with Crippen LogP contribution >= 0.6 is 23.1 Å². The molecule has 0 spiro atoms. The van der Waals surface area contributed by atoms with Gasteiger partial charge in [-0.2, -0.15) is 17.8 Å². The fourth-order valence-corrected chi connectivity index (χ4v) is 3.18. The second-order valence-electron chi connectivity index (χ2n) is 7.05. The predicted octanol–water partition coefficient (Wildman–Crippen LogP) is 5.15. The molecule has 0 aliphatic carbocycles. The van der Waals surface area contributed by atoms with Crippen molar-refractivity contribution >= 4 is 45.6 Å². The van der Waals surface area contributed by atoms with Crippen LogP contribution in [-0.4, -0.2) is 51.7 Å². The average molecular weight is 513 g/mol. The van der Waals surface area contributed by atoms with Crippen LogP contribution in [0.25, 0.3) is 0 Å². The molecular weight excluding hydrogens is 488 g/mol. The molecule has 2 aromatic carbocycles. The Bertz CT molecular complexity index is 1190. The second-order valence-corrected chi connectivity index (χ2v) is 9.10. The van der Waals surface area contributed by atoms with Crippen molar-refractivity contribution < 1.29 is 22.3 Å². The van der Waals surface area contributed by atoms with E-state index < -0.39 is 10.4 Å². The van der Waals surface area contributed by atoms with Gasteiger partial charge in [0.25, 0.3) is 5.19 Å². The quantitative estimate of drug-likeness (QED) is 0.253. The van der Waals surface area contributed by atoms with E-state index >= 15 is 0 Å². The smallest absolute Gasteiger partial charge is 0.394 e. The minimum absolute atomic E-state index is 0.536. The van der Waals surface area contributed by atoms with E-state index in [1.807, 2.05) is 68.5 Å². The van der Waals surface area contributed by atoms with Crippen LogP contribution in [0.4, 0.5) is 5.69 Å². The number of hydrogen-bond donors (Lipinski definition) is 2. The van der Waals surface area contributed by atoms with Crippen LogP contribution in [0.2, 0.25) is 5.02 Å². The molecule has 0 atom stereocenters. The molecule has 0 aliphatic heterocycles. The van der Waals surface area contributed by atoms with E-state index in [9.17, 15) is 0 Å². The van der Waals surface area contributed by atoms with Crippen molar-refractivity contribution in [3.05, 3.63) is 63.9 Å². The van der Waals surface area contributed by atoms with Gasteiger partial charge in [0.05, 0.1) is 12.0 Å². The van der Waals surface area contributed by atoms with Crippen LogP contribution < -0.4 is 4.74 Å². The number of hydrogen-bond acceptors (Lipinski definition) is 7. The maximum Gasteiger partial charge on any atom is 0.394 e. The molecule has 1 aromatic heterocycles. The third kappa shape index (κ3) is 9.84. The Morgan fingerprint density at radius 2 is 1.82 bits per heavy atom. The second kappa shape index (κ2) is 12.1. The van der Waals surface area contributed by atoms with Crippen LogP contribution in [-0.2, 0) is 16.8 Å². The Kier molecular flexibility index (Phi) is 9.74. The van der Waals surface area contributed by atoms with Gasteiger partial charge in [0.1, 0.15) is 5.75 Å². The summed E-state index contributed by atoms with van der Waals surface area (Å²) in [6, 6.07) is 11.7. The number of halogens is 1. The van der Waals surface area contributed by atoms with E-state index in [2.05, 4.69) is 21.3 Å². The summed E-state index contributed by atoms with van der Waals surface area (Å²) in [5, 5.41) is 1.26. The summed E-state index contributed by atoms with van der Waals surface area (Å²) in [4.78, 5) is 11.1. The van der Waals surface area contributed by atoms with Gasteiger partial charge >= 0.3 is 10.4 Å². The number of ether oxygens (including phenoxy) is 1. The molecule has 33 heavy (non-hydrogen) atoms. The molecular formula is C21H25ClN4O5S2. The van der Waals surface area contributed by atoms with Gasteiger partial charge in [-0.3, -0.25) is 9.11 Å². The molecule has 2 N–H and O–H groups in total. The number of aromatic nitrogens is 2. The van der Waals surface area contributed by atoms with Crippen LogP contribution in [0, 0.1) is 13.8 Å². The fraction of sp³-hybridized carbons (Fsp3) is 0.286. The van der Waals surface area contributed by atoms with Gasteiger partial charge in [0, 0.05) is 36.6 Å². The van der Waals surface area contributed by atoms with Crippen molar-refractivity contribution in [1.82, 2.24) is 14.3 Å². The van der Waals surface area contributed by atoms with E-state index in [1.54, 1.807) is 0 Å². The molecule has 178 valence electrons. The van der Waals surface area contributed by atoms with Crippen LogP contribution in [0.5, 0.6) is 10.9 Å². The van der Waals surface area contributed by atoms with E-state index in [0.29, 0.717) is 11.6 Å². The zero-order valence-corrected chi connectivity index (χ0v) is 20.9. The van der Waals surface area contributed by atoms with Gasteiger partial charge in [-0.05, 0) is 61.7 Å². The van der Waals surface area contributed by atoms with E-state index in [1.165, 1.54) is 11.5 Å². The first-order valence-corrected chi connectivity index (χ1v) is 12.3. The summed E-state index contributed by atoms with van der Waals surface area (Å²) in [7, 11) is -2.67. The van der Waals surface area contributed by atoms with Crippen molar-refractivity contribution in [3.8, 4) is 10.9 Å². The van der Waals surface area contributed by atoms with Crippen LogP contribution in [0.15, 0.2) is 41.4 Å². The zero-order chi connectivity index (χ0) is 24.6. The minimum atomic E-state index is -4.67. The third-order valence-electron chi connectivity index (χ3n) is 4.31. The van der Waals surface area contributed by atoms with Gasteiger partial charge in [-0.25, -0.2) is 4.99 Å². The highest BCUT2D eigenvalue weighted by molar-refractivity contribution is 7.79. The third-order valence-corrected chi connectivity index (χ3v) is 5.19. The van der Waals surface area contributed by atoms with Gasteiger partial charge in [-0.15, -0.1) is 0 Å². The summed E-state index contributed by atoms with van der Waals surface area (Å²) < 4.78 is 42.0. The Hall–Kier alpha value is -2.57. The van der Waals surface area contributed by atoms with E-state index in [0.717, 1.165) is 45.5 Å². The van der Waals surface area contributed by atoms with Gasteiger partial charge in [0.2, 0.25) is 0 Å². The van der Waals surface area contributed by atoms with Gasteiger partial charge in [-0.1, -0.05) is 23.7 Å². The first-order chi connectivity index (χ1) is 15.4. The maximum atomic E-state index is 8.74. The topological polar surface area (TPSA) is 125 Å². The van der Waals surface area contributed by atoms with Crippen molar-refractivity contribution in [2.24, 2.45) is 4.99 Å². The highest BCUT2D eigenvalue weighted by atomic mass is 35.5. The molecule has 0 bridgehead atoms. The number of nitrogens with zero attached hydrogens (tertiary/aromatic N) is 4. The number of aryl methyl sites for hydroxylation is 2. The predicted molar refractivity (Wildman–Crippen MR) is 131 cm³/mol. The van der Waals surface area contributed by atoms with Crippen LogP contribution in [0.3, 0.4) is 0 Å². The molecule has 0 radical (unpaired) electrons. The standard InChI is InChI=1S/C21H23ClN4OS.H2O4S/c1-5-26(4)13-23-18-10-15(3)19(11-14(18)2)27-21-24-20(25-28-21)12-16-6-8-17(22)9-7-16;1-5(2,3)4/h6-11,13H,5,12H2,1-4H3;(H2,1,2,3,4)/b23-13-;. The maximum absolute atomic E-state index is 8.74. The molecule has 9 nitrogen and oxygen atoms in total. The summed E-state index contributed by atoms with van der Waals surface area (Å²) in [6.07, 6.45) is 2.49. The molecule has 0 saturated carbocycles. The first-order valence-electron chi connectivity index (χ1n) is 9.75. The molecule has 12 heteroatoms. The lowest BCUT2D eigenvalue weighted by molar-refractivity contribution is 0.381. The average Bonchev–Trinajstić information content (AvgIpc) is 3.16. The highest BCUT2D eigenvalue weighted by Gasteiger charge is 2.11. The number of aliphatic imine (C=N–C) groups is 1. The molecule has 1 heterocycles. The lowest BCUT2D eigenvalue weighted by Gasteiger charge is -2.11. The Balaban J connectivity index is 0.000000696. The van der Waals surface area contributed by atoms with Crippen molar-refractivity contribution in [2.75, 3.05) is 13.6 Å². The Morgan fingerprint density at radius 1 is 1.18 bits per heavy atom. The normalized spacial score (nSPS) is 11.2. The van der Waals surface area contributed by atoms with E-state index in [-0.39, 0.29) is 0 Å². The molecule has 3 rings (SSSR count). The minimum Gasteiger partial charge on any atom is -0.430 e. The first kappa shape index (κ1) is 26.7.